The van der Waals surface area contributed by atoms with E-state index in [0.29, 0.717) is 20.9 Å². The number of rotatable bonds is 3. The van der Waals surface area contributed by atoms with Crippen LogP contribution >= 0.6 is 11.3 Å². The Morgan fingerprint density at radius 3 is 2.72 bits per heavy atom. The summed E-state index contributed by atoms with van der Waals surface area (Å²) in [6.45, 7) is 0. The topological polar surface area (TPSA) is 103 Å². The van der Waals surface area contributed by atoms with Crippen molar-refractivity contribution in [3.05, 3.63) is 79.4 Å². The van der Waals surface area contributed by atoms with Crippen LogP contribution in [0.15, 0.2) is 53.6 Å². The van der Waals surface area contributed by atoms with Crippen molar-refractivity contribution in [2.24, 2.45) is 0 Å². The molecule has 0 amide bonds. The Balaban J connectivity index is 1.81. The predicted molar refractivity (Wildman–Crippen MR) is 92.2 cm³/mol. The first-order valence-electron chi connectivity index (χ1n) is 7.18. The number of fused-ring (bicyclic) bond motifs is 1. The summed E-state index contributed by atoms with van der Waals surface area (Å²) in [6.07, 6.45) is 4.86. The van der Waals surface area contributed by atoms with E-state index in [1.54, 1.807) is 42.7 Å². The second-order valence-electron chi connectivity index (χ2n) is 5.13. The summed E-state index contributed by atoms with van der Waals surface area (Å²) in [7, 11) is 0. The zero-order valence-electron chi connectivity index (χ0n) is 12.6. The van der Waals surface area contributed by atoms with Gasteiger partial charge in [-0.15, -0.1) is 5.10 Å². The molecule has 0 aliphatic rings. The van der Waals surface area contributed by atoms with E-state index < -0.39 is 4.92 Å². The fraction of sp³-hybridized carbons (Fsp3) is 0. The fourth-order valence-electron chi connectivity index (χ4n) is 2.34. The van der Waals surface area contributed by atoms with Crippen molar-refractivity contribution in [3.8, 4) is 11.4 Å². The number of nitrogens with zero attached hydrogens (tertiary/aromatic N) is 5. The third-order valence-corrected chi connectivity index (χ3v) is 4.46. The molecule has 0 unspecified atom stereocenters. The van der Waals surface area contributed by atoms with E-state index in [-0.39, 0.29) is 11.2 Å². The van der Waals surface area contributed by atoms with Gasteiger partial charge in [0.25, 0.3) is 11.2 Å². The molecule has 25 heavy (non-hydrogen) atoms. The molecule has 0 atom stereocenters. The Morgan fingerprint density at radius 1 is 1.20 bits per heavy atom. The molecule has 0 N–H and O–H groups in total. The van der Waals surface area contributed by atoms with Gasteiger partial charge in [0.15, 0.2) is 5.82 Å². The molecule has 0 spiro atoms. The molecule has 3 heterocycles. The molecular weight excluding hydrogens is 342 g/mol. The molecule has 8 nitrogen and oxygen atoms in total. The third-order valence-electron chi connectivity index (χ3n) is 3.50. The lowest BCUT2D eigenvalue weighted by atomic mass is 10.2. The second-order valence-corrected chi connectivity index (χ2v) is 6.14. The highest BCUT2D eigenvalue weighted by molar-refractivity contribution is 7.15. The van der Waals surface area contributed by atoms with Crippen LogP contribution in [0.2, 0.25) is 0 Å². The lowest BCUT2D eigenvalue weighted by molar-refractivity contribution is -0.384. The van der Waals surface area contributed by atoms with Crippen molar-refractivity contribution in [2.45, 2.75) is 0 Å². The van der Waals surface area contributed by atoms with Gasteiger partial charge in [0.05, 0.1) is 9.46 Å². The molecule has 3 aromatic heterocycles. The maximum absolute atomic E-state index is 12.5. The van der Waals surface area contributed by atoms with Crippen molar-refractivity contribution >= 4 is 28.1 Å². The van der Waals surface area contributed by atoms with E-state index >= 15 is 0 Å². The van der Waals surface area contributed by atoms with Gasteiger partial charge in [0.1, 0.15) is 0 Å². The second kappa shape index (κ2) is 5.87. The quantitative estimate of drug-likeness (QED) is 0.411. The maximum atomic E-state index is 12.5. The van der Waals surface area contributed by atoms with Crippen molar-refractivity contribution in [3.63, 3.8) is 0 Å². The van der Waals surface area contributed by atoms with Crippen LogP contribution in [0.25, 0.3) is 22.4 Å². The van der Waals surface area contributed by atoms with Gasteiger partial charge in [0.2, 0.25) is 4.96 Å². The number of pyridine rings is 1. The number of nitro groups is 1. The number of non-ortho nitro benzene ring substituents is 1. The van der Waals surface area contributed by atoms with Gasteiger partial charge in [-0.25, -0.2) is 0 Å². The highest BCUT2D eigenvalue weighted by Crippen LogP contribution is 2.16. The Bertz CT molecular complexity index is 1200. The maximum Gasteiger partial charge on any atom is 0.291 e. The number of hydrogen-bond acceptors (Lipinski definition) is 7. The molecule has 122 valence electrons. The summed E-state index contributed by atoms with van der Waals surface area (Å²) in [6, 6.07) is 9.62. The SMILES string of the molecule is O=c1c(=Cc2cccc([N+](=O)[O-])c2)sc2nc(-c3ccncc3)nn12. The highest BCUT2D eigenvalue weighted by atomic mass is 32.1. The third kappa shape index (κ3) is 2.76. The minimum atomic E-state index is -0.473. The molecule has 0 radical (unpaired) electrons. The molecule has 0 saturated heterocycles. The van der Waals surface area contributed by atoms with Gasteiger partial charge in [-0.1, -0.05) is 23.5 Å². The zero-order chi connectivity index (χ0) is 17.4. The average molecular weight is 351 g/mol. The number of aromatic nitrogens is 4. The Morgan fingerprint density at radius 2 is 2.00 bits per heavy atom. The van der Waals surface area contributed by atoms with Crippen LogP contribution in [0.5, 0.6) is 0 Å². The van der Waals surface area contributed by atoms with E-state index in [2.05, 4.69) is 15.1 Å². The fourth-order valence-corrected chi connectivity index (χ4v) is 3.24. The van der Waals surface area contributed by atoms with Gasteiger partial charge in [-0.3, -0.25) is 19.9 Å². The molecule has 0 aliphatic carbocycles. The highest BCUT2D eigenvalue weighted by Gasteiger charge is 2.12. The molecular formula is C16H9N5O3S. The van der Waals surface area contributed by atoms with Gasteiger partial charge >= 0.3 is 0 Å². The summed E-state index contributed by atoms with van der Waals surface area (Å²) in [5.41, 5.74) is 1.01. The molecule has 4 aromatic rings. The summed E-state index contributed by atoms with van der Waals surface area (Å²) >= 11 is 1.18. The van der Waals surface area contributed by atoms with E-state index in [9.17, 15) is 14.9 Å². The Labute approximate surface area is 143 Å². The van der Waals surface area contributed by atoms with E-state index in [1.807, 2.05) is 0 Å². The van der Waals surface area contributed by atoms with E-state index in [0.717, 1.165) is 5.56 Å². The van der Waals surface area contributed by atoms with Crippen molar-refractivity contribution in [2.75, 3.05) is 0 Å². The first-order chi connectivity index (χ1) is 12.1. The normalized spacial score (nSPS) is 11.9. The van der Waals surface area contributed by atoms with Gasteiger partial charge < -0.3 is 0 Å². The smallest absolute Gasteiger partial charge is 0.266 e. The molecule has 0 bridgehead atoms. The molecule has 0 fully saturated rings. The Kier molecular flexibility index (Phi) is 3.55. The summed E-state index contributed by atoms with van der Waals surface area (Å²) in [4.78, 5) is 31.6. The first-order valence-corrected chi connectivity index (χ1v) is 7.99. The van der Waals surface area contributed by atoms with Crippen LogP contribution in [0.1, 0.15) is 5.56 Å². The van der Waals surface area contributed by atoms with Crippen molar-refractivity contribution in [1.29, 1.82) is 0 Å². The summed E-state index contributed by atoms with van der Waals surface area (Å²) in [5.74, 6) is 0.452. The molecule has 0 saturated carbocycles. The van der Waals surface area contributed by atoms with Gasteiger partial charge in [-0.05, 0) is 23.8 Å². The van der Waals surface area contributed by atoms with Crippen LogP contribution in [0.3, 0.4) is 0 Å². The minimum absolute atomic E-state index is 0.0272. The number of nitro benzene ring substituents is 1. The van der Waals surface area contributed by atoms with E-state index in [4.69, 9.17) is 0 Å². The molecule has 4 rings (SSSR count). The van der Waals surface area contributed by atoms with Gasteiger partial charge in [0, 0.05) is 30.1 Å². The van der Waals surface area contributed by atoms with Crippen LogP contribution < -0.4 is 10.1 Å². The van der Waals surface area contributed by atoms with Crippen LogP contribution in [-0.2, 0) is 0 Å². The summed E-state index contributed by atoms with van der Waals surface area (Å²) < 4.78 is 1.65. The number of benzene rings is 1. The average Bonchev–Trinajstić information content (AvgIpc) is 3.16. The van der Waals surface area contributed by atoms with Gasteiger partial charge in [-0.2, -0.15) is 9.50 Å². The molecule has 0 aliphatic heterocycles. The summed E-state index contributed by atoms with van der Waals surface area (Å²) in [5, 5.41) is 15.1. The first kappa shape index (κ1) is 15.1. The zero-order valence-corrected chi connectivity index (χ0v) is 13.4. The van der Waals surface area contributed by atoms with E-state index in [1.165, 1.54) is 28.0 Å². The van der Waals surface area contributed by atoms with Crippen LogP contribution in [-0.4, -0.2) is 24.5 Å². The standard InChI is InChI=1S/C16H9N5O3S/c22-15-13(9-10-2-1-3-12(8-10)21(23)24)25-16-18-14(19-20(15)16)11-4-6-17-7-5-11/h1-9H. The van der Waals surface area contributed by atoms with Crippen molar-refractivity contribution < 1.29 is 4.92 Å². The van der Waals surface area contributed by atoms with Crippen molar-refractivity contribution in [1.82, 2.24) is 19.6 Å². The lowest BCUT2D eigenvalue weighted by Crippen LogP contribution is -2.23. The van der Waals surface area contributed by atoms with Crippen LogP contribution in [0, 0.1) is 10.1 Å². The predicted octanol–water partition coefficient (Wildman–Crippen LogP) is 1.67. The molecule has 9 heteroatoms. The minimum Gasteiger partial charge on any atom is -0.266 e. The Hall–Kier alpha value is -3.46. The lowest BCUT2D eigenvalue weighted by Gasteiger charge is -1.93. The number of thiazole rings is 1. The molecule has 1 aromatic carbocycles. The van der Waals surface area contributed by atoms with Crippen LogP contribution in [0.4, 0.5) is 5.69 Å². The number of hydrogen-bond donors (Lipinski definition) is 0. The monoisotopic (exact) mass is 351 g/mol. The largest absolute Gasteiger partial charge is 0.291 e.